The molecule has 40 nitrogen and oxygen atoms in total. The van der Waals surface area contributed by atoms with Crippen LogP contribution in [-0.2, 0) is 114 Å². The summed E-state index contributed by atoms with van der Waals surface area (Å²) in [6, 6.07) is -0.190. The third-order valence-corrected chi connectivity index (χ3v) is 14.8. The van der Waals surface area contributed by atoms with Crippen LogP contribution in [0.15, 0.2) is 148 Å². The van der Waals surface area contributed by atoms with Crippen LogP contribution < -0.4 is 0 Å². The lowest BCUT2D eigenvalue weighted by Crippen LogP contribution is -2.38. The number of hydrogen-bond donors (Lipinski definition) is 3. The van der Waals surface area contributed by atoms with Gasteiger partial charge in [0.25, 0.3) is 0 Å². The second-order valence-corrected chi connectivity index (χ2v) is 24.1. The van der Waals surface area contributed by atoms with Crippen molar-refractivity contribution in [2.75, 3.05) is 79.3 Å². The van der Waals surface area contributed by atoms with Crippen molar-refractivity contribution in [1.82, 2.24) is 38.2 Å². The fourth-order valence-electron chi connectivity index (χ4n) is 9.33. The summed E-state index contributed by atoms with van der Waals surface area (Å²) >= 11 is 0. The third-order valence-electron chi connectivity index (χ3n) is 14.8. The van der Waals surface area contributed by atoms with Gasteiger partial charge in [0.2, 0.25) is 0 Å². The second kappa shape index (κ2) is 42.3. The molecule has 0 spiro atoms. The van der Waals surface area contributed by atoms with Gasteiger partial charge in [0.05, 0.1) is 39.6 Å². The Morgan fingerprint density at radius 3 is 0.861 bits per heavy atom. The van der Waals surface area contributed by atoms with Gasteiger partial charge in [-0.2, -0.15) is 0 Å². The zero-order valence-corrected chi connectivity index (χ0v) is 59.6. The Bertz CT molecular complexity index is 3490. The van der Waals surface area contributed by atoms with Gasteiger partial charge in [-0.05, 0) is 41.5 Å². The maximum absolute atomic E-state index is 12.6. The number of ether oxygens (including phenoxy) is 18. The zero-order chi connectivity index (χ0) is 79.3. The van der Waals surface area contributed by atoms with Crippen molar-refractivity contribution in [3.05, 3.63) is 148 Å². The lowest BCUT2D eigenvalue weighted by Gasteiger charge is -2.21. The van der Waals surface area contributed by atoms with Crippen molar-refractivity contribution in [2.24, 2.45) is 0 Å². The molecule has 0 radical (unpaired) electrons. The van der Waals surface area contributed by atoms with Crippen molar-refractivity contribution < 1.29 is 153 Å². The number of esters is 6. The molecular formula is C68H84N8O32. The van der Waals surface area contributed by atoms with E-state index in [1.165, 1.54) is 110 Å². The number of aromatic nitrogens is 8. The van der Waals surface area contributed by atoms with Gasteiger partial charge in [-0.1, -0.05) is 39.5 Å². The second-order valence-electron chi connectivity index (χ2n) is 24.1. The number of fused-ring (bicyclic) bond motifs is 3. The van der Waals surface area contributed by atoms with E-state index in [4.69, 9.17) is 86.0 Å². The average Bonchev–Trinajstić information content (AvgIpc) is 1.66. The predicted molar refractivity (Wildman–Crippen MR) is 358 cm³/mol. The summed E-state index contributed by atoms with van der Waals surface area (Å²) in [4.78, 5) is 145. The Morgan fingerprint density at radius 2 is 0.611 bits per heavy atom. The summed E-state index contributed by atoms with van der Waals surface area (Å²) in [5.41, 5.74) is 0.878. The van der Waals surface area contributed by atoms with Gasteiger partial charge in [-0.25, -0.2) is 81.8 Å². The summed E-state index contributed by atoms with van der Waals surface area (Å²) in [5.74, 6) is -4.20. The number of nitrogens with zero attached hydrogens (tertiary/aromatic N) is 8. The van der Waals surface area contributed by atoms with Crippen molar-refractivity contribution in [3.8, 4) is 0 Å². The van der Waals surface area contributed by atoms with Crippen LogP contribution in [0, 0.1) is 0 Å². The van der Waals surface area contributed by atoms with Crippen molar-refractivity contribution in [1.29, 1.82) is 0 Å². The monoisotopic (exact) mass is 1520 g/mol. The Kier molecular flexibility index (Phi) is 33.6. The van der Waals surface area contributed by atoms with Crippen LogP contribution in [0.25, 0.3) is 0 Å². The quantitative estimate of drug-likeness (QED) is 0.0513. The minimum Gasteiger partial charge on any atom is -0.459 e. The smallest absolute Gasteiger partial charge is 0.459 e. The molecule has 108 heavy (non-hydrogen) atoms. The summed E-state index contributed by atoms with van der Waals surface area (Å²) in [5, 5.41) is 27.6. The van der Waals surface area contributed by atoms with Crippen molar-refractivity contribution in [2.45, 2.75) is 133 Å². The maximum Gasteiger partial charge on any atom is 0.509 e. The van der Waals surface area contributed by atoms with Crippen LogP contribution >= 0.6 is 0 Å². The van der Waals surface area contributed by atoms with E-state index in [1.54, 1.807) is 24.8 Å². The van der Waals surface area contributed by atoms with E-state index in [9.17, 15) is 57.8 Å². The highest BCUT2D eigenvalue weighted by atomic mass is 16.8. The Balaban J connectivity index is 0.000000241. The van der Waals surface area contributed by atoms with Crippen molar-refractivity contribution in [3.63, 3.8) is 0 Å². The number of hydrogen-bond acceptors (Lipinski definition) is 36. The number of carbonyl (C=O) groups excluding carboxylic acids is 11. The van der Waals surface area contributed by atoms with E-state index in [0.29, 0.717) is 0 Å². The highest BCUT2D eigenvalue weighted by Gasteiger charge is 2.53. The molecule has 0 bridgehead atoms. The molecule has 4 aromatic rings. The third kappa shape index (κ3) is 26.7. The molecule has 6 saturated heterocycles. The van der Waals surface area contributed by atoms with Crippen LogP contribution in [0.2, 0.25) is 0 Å². The Hall–Kier alpha value is -11.1. The van der Waals surface area contributed by atoms with Crippen LogP contribution in [-0.4, -0.2) is 291 Å². The molecule has 0 unspecified atom stereocenters. The molecule has 6 fully saturated rings. The number of aliphatic hydroxyl groups is 3. The molecule has 4 aromatic heterocycles. The van der Waals surface area contributed by atoms with Crippen LogP contribution in [0.1, 0.15) is 41.5 Å². The fraction of sp³-hybridized carbons (Fsp3) is 0.485. The van der Waals surface area contributed by atoms with Crippen LogP contribution in [0.5, 0.6) is 0 Å². The van der Waals surface area contributed by atoms with E-state index in [0.717, 1.165) is 0 Å². The topological polar surface area (TPSA) is 486 Å². The van der Waals surface area contributed by atoms with Crippen LogP contribution in [0.3, 0.4) is 0 Å². The predicted octanol–water partition coefficient (Wildman–Crippen LogP) is 2.01. The molecule has 0 saturated carbocycles. The van der Waals surface area contributed by atoms with Gasteiger partial charge in [0, 0.05) is 83.0 Å². The first-order valence-electron chi connectivity index (χ1n) is 32.6. The van der Waals surface area contributed by atoms with Gasteiger partial charge < -0.3 is 101 Å². The lowest BCUT2D eigenvalue weighted by atomic mass is 10.1. The average molecular weight is 1530 g/mol. The first-order chi connectivity index (χ1) is 51.3. The summed E-state index contributed by atoms with van der Waals surface area (Å²) in [6.45, 7) is 27.5. The van der Waals surface area contributed by atoms with Gasteiger partial charge in [-0.3, -0.25) is 9.13 Å². The zero-order valence-electron chi connectivity index (χ0n) is 59.6. The summed E-state index contributed by atoms with van der Waals surface area (Å²) < 4.78 is 98.9. The molecule has 10 heterocycles. The number of carbonyl (C=O) groups is 11. The lowest BCUT2D eigenvalue weighted by molar-refractivity contribution is -0.150. The van der Waals surface area contributed by atoms with E-state index < -0.39 is 166 Å². The first-order valence-corrected chi connectivity index (χ1v) is 32.6. The molecule has 6 aliphatic rings. The Labute approximate surface area is 616 Å². The molecule has 6 aliphatic heterocycles. The largest absolute Gasteiger partial charge is 0.509 e. The molecule has 588 valence electrons. The standard InChI is InChI=1S/C30H38O16.C14H14N4O6.C11H16O5.C7H6N4O.C6H10O4/c1-15(2)25(31)39-9-19(10-40-26(32)16(3)4)43-29(35)45-21-13-37-24-22(14-38-23(21)24)46-30(36)44-20(11-41-27(33)17(5)6)12-42-28(34)18(7)8;19-13(17-3-1-15-7-17)23-9-5-21-12-10(6-22-11(9)12)24-14(20)18-4-2-16-8-18;1-7(2)10(13)15-5-9(12)6-16-11(14)8(3)4;12-7(10-3-1-8-5-10)11-4-2-9-6-11;7-3-1-9-6-4(8)2-10-5(3)6/h19-24H,1,3,5,7,9-14H2,2,4,6,8H3;1-4,7-12H,5-6H2;9,12H,1,3,5-6H2,2,4H3;1-6H;3-8H,1-2H2/t21-,22+,23-,24-;9-,10+,11-,12-;;;3-,4+,5-,6-/m11..1/s1. The minimum absolute atomic E-state index is 0.0985. The molecule has 12 atom stereocenters. The minimum atomic E-state index is -1.23. The molecule has 10 rings (SSSR count). The van der Waals surface area contributed by atoms with Gasteiger partial charge in [0.15, 0.2) is 36.6 Å². The first kappa shape index (κ1) is 85.8. The Morgan fingerprint density at radius 1 is 0.370 bits per heavy atom. The highest BCUT2D eigenvalue weighted by molar-refractivity contribution is 5.89. The molecule has 0 aliphatic carbocycles. The van der Waals surface area contributed by atoms with E-state index >= 15 is 0 Å². The fourth-order valence-corrected chi connectivity index (χ4v) is 9.33. The maximum atomic E-state index is 12.6. The summed E-state index contributed by atoms with van der Waals surface area (Å²) in [6.07, 6.45) is 3.24. The molecule has 0 amide bonds. The SMILES string of the molecule is C=C(C)C(=O)OCC(COC(=O)C(=C)C)OC(=O)O[C@H]1CO[C@H]2[C@@H]1OC[C@H]2OC(=O)OC(COC(=O)C(=C)C)COC(=O)C(=C)C.C=C(C)C(=O)OCC(O)COC(=O)C(=C)C.O=C(O[C@H]1CO[C@H]2[C@@H]1OC[C@H]2OC(=O)n1ccnc1)n1ccnc1.O=C(n1ccnc1)n1ccnc1.O[C@@H]1CO[C@H]2[C@@H]1OC[C@@H]2O. The van der Waals surface area contributed by atoms with E-state index in [1.807, 2.05) is 0 Å². The number of aliphatic hydroxyl groups excluding tert-OH is 3. The highest BCUT2D eigenvalue weighted by Crippen LogP contribution is 2.33. The molecule has 0 aromatic carbocycles. The summed E-state index contributed by atoms with van der Waals surface area (Å²) in [7, 11) is 0. The normalized spacial score (nSPS) is 22.2. The van der Waals surface area contributed by atoms with E-state index in [2.05, 4.69) is 68.9 Å². The number of rotatable bonds is 24. The van der Waals surface area contributed by atoms with Gasteiger partial charge in [0.1, 0.15) is 120 Å². The van der Waals surface area contributed by atoms with Gasteiger partial charge in [-0.15, -0.1) is 0 Å². The van der Waals surface area contributed by atoms with E-state index in [-0.39, 0.29) is 105 Å². The van der Waals surface area contributed by atoms with Gasteiger partial charge >= 0.3 is 66.3 Å². The molecule has 3 N–H and O–H groups in total. The van der Waals surface area contributed by atoms with Crippen molar-refractivity contribution >= 4 is 66.3 Å². The molecular weight excluding hydrogens is 1440 g/mol. The van der Waals surface area contributed by atoms with Crippen LogP contribution in [0.4, 0.5) is 24.0 Å². The molecule has 40 heteroatoms. The number of imidazole rings is 4.